The van der Waals surface area contributed by atoms with Gasteiger partial charge in [0.25, 0.3) is 11.8 Å². The lowest BCUT2D eigenvalue weighted by Crippen LogP contribution is -2.48. The van der Waals surface area contributed by atoms with Crippen molar-refractivity contribution < 1.29 is 41.4 Å². The number of carbonyl (C=O) groups is 2. The van der Waals surface area contributed by atoms with Gasteiger partial charge in [0, 0.05) is 63.6 Å². The number of rotatable bonds is 17. The Hall–Kier alpha value is -3.79. The summed E-state index contributed by atoms with van der Waals surface area (Å²) in [4.78, 5) is 29.5. The molecule has 3 aromatic carbocycles. The number of aliphatic hydroxyl groups is 1. The third-order valence-electron chi connectivity index (χ3n) is 9.94. The average molecular weight is 757 g/mol. The molecule has 2 heterocycles. The number of aryl methyl sites for hydroxylation is 1. The van der Waals surface area contributed by atoms with E-state index >= 15 is 0 Å². The van der Waals surface area contributed by atoms with Gasteiger partial charge in [-0.15, -0.1) is 0 Å². The van der Waals surface area contributed by atoms with E-state index in [1.165, 1.54) is 29.6 Å². The second kappa shape index (κ2) is 18.5. The number of aliphatic hydroxyl groups excluding tert-OH is 1. The number of nitrogens with one attached hydrogen (secondary N) is 2. The molecule has 1 unspecified atom stereocenters. The first-order valence-electron chi connectivity index (χ1n) is 18.1. The number of halogens is 2. The highest BCUT2D eigenvalue weighted by Gasteiger charge is 2.37. The highest BCUT2D eigenvalue weighted by Crippen LogP contribution is 2.29. The van der Waals surface area contributed by atoms with Gasteiger partial charge in [-0.25, -0.2) is 17.2 Å². The van der Waals surface area contributed by atoms with Gasteiger partial charge in [0.2, 0.25) is 10.0 Å². The average Bonchev–Trinajstić information content (AvgIpc) is 3.81. The van der Waals surface area contributed by atoms with Gasteiger partial charge >= 0.3 is 0 Å². The van der Waals surface area contributed by atoms with Crippen LogP contribution >= 0.6 is 0 Å². The van der Waals surface area contributed by atoms with Crippen molar-refractivity contribution in [2.24, 2.45) is 0 Å². The lowest BCUT2D eigenvalue weighted by molar-refractivity contribution is 0.0630. The fourth-order valence-corrected chi connectivity index (χ4v) is 8.99. The lowest BCUT2D eigenvalue weighted by Gasteiger charge is -2.27. The van der Waals surface area contributed by atoms with Gasteiger partial charge in [0.1, 0.15) is 11.6 Å². The Labute approximate surface area is 310 Å². The number of nitrogens with zero attached hydrogens (tertiary/aromatic N) is 2. The Balaban J connectivity index is 1.46. The van der Waals surface area contributed by atoms with Gasteiger partial charge < -0.3 is 30.1 Å². The molecule has 0 saturated carbocycles. The first-order valence-corrected chi connectivity index (χ1v) is 19.6. The van der Waals surface area contributed by atoms with Crippen LogP contribution in [-0.4, -0.2) is 106 Å². The molecule has 2 fully saturated rings. The van der Waals surface area contributed by atoms with Crippen LogP contribution in [0.2, 0.25) is 0 Å². The van der Waals surface area contributed by atoms with Crippen molar-refractivity contribution in [1.82, 2.24) is 19.8 Å². The third kappa shape index (κ3) is 10.3. The molecule has 288 valence electrons. The predicted molar refractivity (Wildman–Crippen MR) is 196 cm³/mol. The molecule has 3 aromatic rings. The van der Waals surface area contributed by atoms with Crippen molar-refractivity contribution in [3.05, 3.63) is 100 Å². The largest absolute Gasteiger partial charge is 0.390 e. The molecule has 0 radical (unpaired) electrons. The summed E-state index contributed by atoms with van der Waals surface area (Å²) in [6, 6.07) is 13.2. The van der Waals surface area contributed by atoms with Gasteiger partial charge in [-0.05, 0) is 85.5 Å². The van der Waals surface area contributed by atoms with Crippen LogP contribution in [0.1, 0.15) is 70.0 Å². The molecular weight excluding hydrogens is 707 g/mol. The van der Waals surface area contributed by atoms with Crippen LogP contribution in [0.5, 0.6) is 0 Å². The maximum Gasteiger partial charge on any atom is 0.254 e. The normalized spacial score (nSPS) is 19.0. The summed E-state index contributed by atoms with van der Waals surface area (Å²) in [5.74, 6) is -2.82. The molecule has 3 N–H and O–H groups in total. The maximum absolute atomic E-state index is 14.2. The summed E-state index contributed by atoms with van der Waals surface area (Å²) in [7, 11) is -1.13. The van der Waals surface area contributed by atoms with Crippen LogP contribution < -0.4 is 10.6 Å². The number of methoxy groups -OCH3 is 2. The Morgan fingerprint density at radius 2 is 1.55 bits per heavy atom. The van der Waals surface area contributed by atoms with Crippen LogP contribution in [0, 0.1) is 11.6 Å². The fourth-order valence-electron chi connectivity index (χ4n) is 7.24. The van der Waals surface area contributed by atoms with E-state index in [-0.39, 0.29) is 53.7 Å². The molecule has 0 spiro atoms. The highest BCUT2D eigenvalue weighted by molar-refractivity contribution is 7.89. The Kier molecular flexibility index (Phi) is 14.1. The van der Waals surface area contributed by atoms with Crippen LogP contribution in [-0.2, 0) is 38.9 Å². The minimum Gasteiger partial charge on any atom is -0.390 e. The Bertz CT molecular complexity index is 1830. The number of amides is 2. The van der Waals surface area contributed by atoms with Gasteiger partial charge in [-0.2, -0.15) is 4.31 Å². The number of carbonyl (C=O) groups excluding carboxylic acids is 2. The number of hydrogen-bond acceptors (Lipinski definition) is 8. The molecule has 2 aliphatic heterocycles. The van der Waals surface area contributed by atoms with Crippen LogP contribution in [0.3, 0.4) is 0 Å². The second-order valence-electron chi connectivity index (χ2n) is 13.8. The molecule has 2 saturated heterocycles. The van der Waals surface area contributed by atoms with Gasteiger partial charge in [-0.3, -0.25) is 9.59 Å². The topological polar surface area (TPSA) is 138 Å². The van der Waals surface area contributed by atoms with E-state index in [9.17, 15) is 31.9 Å². The summed E-state index contributed by atoms with van der Waals surface area (Å²) in [5.41, 5.74) is 2.25. The van der Waals surface area contributed by atoms with E-state index in [4.69, 9.17) is 9.47 Å². The van der Waals surface area contributed by atoms with Crippen LogP contribution in [0.15, 0.2) is 65.6 Å². The molecule has 14 heteroatoms. The number of hydrogen-bond donors (Lipinski definition) is 3. The molecule has 53 heavy (non-hydrogen) atoms. The smallest absolute Gasteiger partial charge is 0.254 e. The number of benzene rings is 3. The molecular formula is C39H50F2N4O7S. The summed E-state index contributed by atoms with van der Waals surface area (Å²) < 4.78 is 68.7. The van der Waals surface area contributed by atoms with E-state index in [1.807, 2.05) is 24.3 Å². The first-order chi connectivity index (χ1) is 25.4. The minimum absolute atomic E-state index is 0.0157. The molecule has 0 bridgehead atoms. The van der Waals surface area contributed by atoms with E-state index in [0.29, 0.717) is 32.5 Å². The zero-order valence-corrected chi connectivity index (χ0v) is 31.3. The van der Waals surface area contributed by atoms with Crippen molar-refractivity contribution in [3.63, 3.8) is 0 Å². The summed E-state index contributed by atoms with van der Waals surface area (Å²) in [6.07, 6.45) is 2.19. The highest BCUT2D eigenvalue weighted by atomic mass is 32.2. The Morgan fingerprint density at radius 1 is 0.887 bits per heavy atom. The molecule has 0 aliphatic carbocycles. The molecule has 4 atom stereocenters. The summed E-state index contributed by atoms with van der Waals surface area (Å²) in [5, 5.41) is 17.4. The summed E-state index contributed by atoms with van der Waals surface area (Å²) >= 11 is 0. The predicted octanol–water partition coefficient (Wildman–Crippen LogP) is 4.07. The van der Waals surface area contributed by atoms with E-state index in [1.54, 1.807) is 12.0 Å². The molecule has 2 amide bonds. The van der Waals surface area contributed by atoms with Crippen molar-refractivity contribution in [2.75, 3.05) is 47.1 Å². The van der Waals surface area contributed by atoms with Gasteiger partial charge in [0.05, 0.1) is 36.3 Å². The minimum atomic E-state index is -4.18. The molecule has 5 rings (SSSR count). The number of sulfonamides is 1. The lowest BCUT2D eigenvalue weighted by atomic mass is 9.99. The van der Waals surface area contributed by atoms with E-state index < -0.39 is 51.7 Å². The number of likely N-dealkylation sites (tertiary alicyclic amines) is 1. The van der Waals surface area contributed by atoms with Crippen molar-refractivity contribution >= 4 is 21.8 Å². The van der Waals surface area contributed by atoms with Crippen molar-refractivity contribution in [3.8, 4) is 0 Å². The van der Waals surface area contributed by atoms with Crippen LogP contribution in [0.25, 0.3) is 0 Å². The van der Waals surface area contributed by atoms with Crippen molar-refractivity contribution in [1.29, 1.82) is 0 Å². The SMILES string of the molecule is CCc1cccc(CNC[C@@H](O)[C@H](Cc2cc(F)cc(F)c2)NC(=O)c2cc(C(=O)N3CCCC3COC)cc(S(=O)(=O)N3CCC[C@@H]3COC)c2)c1. The number of ether oxygens (including phenoxy) is 2. The molecule has 2 aliphatic rings. The standard InChI is InChI=1S/C39H50F2N4O7S/c1-4-26-8-5-9-27(14-26)22-42-23-37(46)36(17-28-15-31(40)21-32(41)16-28)43-38(47)29-18-30(39(48)44-12-6-10-33(44)24-51-2)20-35(19-29)53(49,50)45-13-7-11-34(45)25-52-3/h5,8-9,14-16,18-21,33-34,36-37,42,46H,4,6-7,10-13,17,22-25H2,1-3H3,(H,43,47)/t33?,34-,36+,37-/m1/s1. The van der Waals surface area contributed by atoms with Gasteiger partial charge in [0.15, 0.2) is 0 Å². The zero-order valence-electron chi connectivity index (χ0n) is 30.5. The second-order valence-corrected chi connectivity index (χ2v) is 15.7. The Morgan fingerprint density at radius 3 is 2.26 bits per heavy atom. The first kappa shape index (κ1) is 40.4. The van der Waals surface area contributed by atoms with Gasteiger partial charge in [-0.1, -0.05) is 31.2 Å². The molecule has 0 aromatic heterocycles. The fraction of sp³-hybridized carbons (Fsp3) is 0.487. The third-order valence-corrected chi connectivity index (χ3v) is 11.9. The maximum atomic E-state index is 14.2. The quantitative estimate of drug-likeness (QED) is 0.188. The van der Waals surface area contributed by atoms with E-state index in [0.717, 1.165) is 48.6 Å². The van der Waals surface area contributed by atoms with Crippen molar-refractivity contribution in [2.45, 2.75) is 81.1 Å². The monoisotopic (exact) mass is 756 g/mol. The summed E-state index contributed by atoms with van der Waals surface area (Å²) in [6.45, 7) is 3.69. The zero-order chi connectivity index (χ0) is 38.1. The van der Waals surface area contributed by atoms with E-state index in [2.05, 4.69) is 17.6 Å². The van der Waals surface area contributed by atoms with Crippen LogP contribution in [0.4, 0.5) is 8.78 Å². The molecule has 11 nitrogen and oxygen atoms in total.